The molecule has 0 unspecified atom stereocenters. The summed E-state index contributed by atoms with van der Waals surface area (Å²) in [5.41, 5.74) is -2.33. The number of hydrogen-bond donors (Lipinski definition) is 4. The summed E-state index contributed by atoms with van der Waals surface area (Å²) in [5, 5.41) is 16.9. The number of carboxylic acid groups (broad SMARTS) is 1. The van der Waals surface area contributed by atoms with Crippen LogP contribution in [0.4, 0.5) is 4.79 Å². The van der Waals surface area contributed by atoms with Crippen molar-refractivity contribution in [3.63, 3.8) is 0 Å². The standard InChI is InChI=1S/C14H27N3O4/c1-12(2,3)17-11(21)16-9(18)8-15-14(6,7)13(4,5)10(19)20/h15H,8H2,1-7H3,(H,19,20)(H2,16,17,18,21). The smallest absolute Gasteiger partial charge is 0.321 e. The fraction of sp³-hybridized carbons (Fsp3) is 0.786. The molecule has 0 fully saturated rings. The number of nitrogens with one attached hydrogen (secondary N) is 3. The predicted molar refractivity (Wildman–Crippen MR) is 79.9 cm³/mol. The lowest BCUT2D eigenvalue weighted by molar-refractivity contribution is -0.151. The van der Waals surface area contributed by atoms with E-state index in [9.17, 15) is 19.5 Å². The third-order valence-electron chi connectivity index (χ3n) is 3.53. The largest absolute Gasteiger partial charge is 0.481 e. The van der Waals surface area contributed by atoms with Gasteiger partial charge in [0.25, 0.3) is 0 Å². The molecule has 0 aliphatic heterocycles. The molecule has 4 N–H and O–H groups in total. The molecule has 0 heterocycles. The molecule has 122 valence electrons. The maximum Gasteiger partial charge on any atom is 0.321 e. The van der Waals surface area contributed by atoms with Gasteiger partial charge in [0, 0.05) is 11.1 Å². The summed E-state index contributed by atoms with van der Waals surface area (Å²) >= 11 is 0. The number of urea groups is 1. The maximum absolute atomic E-state index is 11.7. The highest BCUT2D eigenvalue weighted by Gasteiger charge is 2.43. The van der Waals surface area contributed by atoms with Gasteiger partial charge in [0.05, 0.1) is 12.0 Å². The molecule has 7 nitrogen and oxygen atoms in total. The maximum atomic E-state index is 11.7. The number of rotatable bonds is 5. The molecule has 7 heteroatoms. The monoisotopic (exact) mass is 301 g/mol. The van der Waals surface area contributed by atoms with Crippen LogP contribution in [-0.4, -0.2) is 40.6 Å². The van der Waals surface area contributed by atoms with E-state index in [2.05, 4.69) is 16.0 Å². The number of carbonyl (C=O) groups is 3. The predicted octanol–water partition coefficient (Wildman–Crippen LogP) is 1.09. The summed E-state index contributed by atoms with van der Waals surface area (Å²) in [6.07, 6.45) is 0. The van der Waals surface area contributed by atoms with Gasteiger partial charge in [-0.15, -0.1) is 0 Å². The molecule has 0 aromatic carbocycles. The first kappa shape index (κ1) is 19.4. The lowest BCUT2D eigenvalue weighted by atomic mass is 9.74. The van der Waals surface area contributed by atoms with Crippen molar-refractivity contribution in [2.24, 2.45) is 5.41 Å². The van der Waals surface area contributed by atoms with Gasteiger partial charge in [0.2, 0.25) is 5.91 Å². The number of imide groups is 1. The van der Waals surface area contributed by atoms with E-state index in [-0.39, 0.29) is 6.54 Å². The average Bonchev–Trinajstić information content (AvgIpc) is 2.23. The van der Waals surface area contributed by atoms with Crippen LogP contribution >= 0.6 is 0 Å². The van der Waals surface area contributed by atoms with Crippen LogP contribution in [0, 0.1) is 5.41 Å². The number of aliphatic carboxylic acids is 1. The zero-order chi connectivity index (χ0) is 17.1. The third kappa shape index (κ3) is 6.12. The highest BCUT2D eigenvalue weighted by molar-refractivity contribution is 5.95. The van der Waals surface area contributed by atoms with Crippen LogP contribution in [0.5, 0.6) is 0 Å². The van der Waals surface area contributed by atoms with Crippen molar-refractivity contribution >= 4 is 17.9 Å². The number of amides is 3. The topological polar surface area (TPSA) is 108 Å². The molecular formula is C14H27N3O4. The number of carboxylic acids is 1. The number of hydrogen-bond acceptors (Lipinski definition) is 4. The molecule has 0 rings (SSSR count). The van der Waals surface area contributed by atoms with Crippen LogP contribution in [-0.2, 0) is 9.59 Å². The summed E-state index contributed by atoms with van der Waals surface area (Å²) in [4.78, 5) is 34.5. The van der Waals surface area contributed by atoms with Crippen molar-refractivity contribution in [3.8, 4) is 0 Å². The van der Waals surface area contributed by atoms with E-state index in [1.807, 2.05) is 0 Å². The molecule has 0 saturated carbocycles. The van der Waals surface area contributed by atoms with Gasteiger partial charge in [0.15, 0.2) is 0 Å². The van der Waals surface area contributed by atoms with E-state index in [1.54, 1.807) is 48.5 Å². The van der Waals surface area contributed by atoms with Gasteiger partial charge in [-0.2, -0.15) is 0 Å². The second kappa shape index (κ2) is 6.43. The van der Waals surface area contributed by atoms with Crippen molar-refractivity contribution in [2.45, 2.75) is 59.5 Å². The Bertz CT molecular complexity index is 422. The summed E-state index contributed by atoms with van der Waals surface area (Å²) < 4.78 is 0. The Hall–Kier alpha value is -1.63. The van der Waals surface area contributed by atoms with Gasteiger partial charge in [-0.3, -0.25) is 14.9 Å². The summed E-state index contributed by atoms with van der Waals surface area (Å²) in [7, 11) is 0. The van der Waals surface area contributed by atoms with Crippen LogP contribution in [0.2, 0.25) is 0 Å². The van der Waals surface area contributed by atoms with Gasteiger partial charge in [0.1, 0.15) is 0 Å². The summed E-state index contributed by atoms with van der Waals surface area (Å²) in [6, 6.07) is -0.579. The van der Waals surface area contributed by atoms with E-state index in [0.717, 1.165) is 0 Å². The highest BCUT2D eigenvalue weighted by atomic mass is 16.4. The lowest BCUT2D eigenvalue weighted by Crippen LogP contribution is -2.58. The van der Waals surface area contributed by atoms with Gasteiger partial charge < -0.3 is 15.7 Å². The van der Waals surface area contributed by atoms with Crippen molar-refractivity contribution in [2.75, 3.05) is 6.54 Å². The second-order valence-corrected chi connectivity index (χ2v) is 7.16. The third-order valence-corrected chi connectivity index (χ3v) is 3.53. The minimum atomic E-state index is -1.07. The zero-order valence-electron chi connectivity index (χ0n) is 13.9. The SMILES string of the molecule is CC(C)(C)NC(=O)NC(=O)CNC(C)(C)C(C)(C)C(=O)O. The highest BCUT2D eigenvalue weighted by Crippen LogP contribution is 2.30. The van der Waals surface area contributed by atoms with Crippen molar-refractivity contribution in [1.29, 1.82) is 0 Å². The fourth-order valence-corrected chi connectivity index (χ4v) is 1.33. The van der Waals surface area contributed by atoms with E-state index in [4.69, 9.17) is 0 Å². The molecule has 3 amide bonds. The van der Waals surface area contributed by atoms with Crippen molar-refractivity contribution < 1.29 is 19.5 Å². The second-order valence-electron chi connectivity index (χ2n) is 7.16. The van der Waals surface area contributed by atoms with E-state index >= 15 is 0 Å². The van der Waals surface area contributed by atoms with Gasteiger partial charge in [-0.1, -0.05) is 0 Å². The molecule has 0 aliphatic carbocycles. The van der Waals surface area contributed by atoms with Gasteiger partial charge in [-0.25, -0.2) is 4.79 Å². The normalized spacial score (nSPS) is 12.7. The molecule has 0 aliphatic rings. The average molecular weight is 301 g/mol. The molecule has 0 atom stereocenters. The zero-order valence-corrected chi connectivity index (χ0v) is 13.9. The Morgan fingerprint density at radius 1 is 0.952 bits per heavy atom. The Labute approximate surface area is 125 Å². The van der Waals surface area contributed by atoms with Crippen LogP contribution in [0.15, 0.2) is 0 Å². The Balaban J connectivity index is 4.50. The fourth-order valence-electron chi connectivity index (χ4n) is 1.33. The molecule has 0 aromatic rings. The number of carbonyl (C=O) groups excluding carboxylic acids is 2. The van der Waals surface area contributed by atoms with Gasteiger partial charge >= 0.3 is 12.0 Å². The minimum Gasteiger partial charge on any atom is -0.481 e. The summed E-state index contributed by atoms with van der Waals surface area (Å²) in [6.45, 7) is 11.8. The molecule has 0 radical (unpaired) electrons. The molecular weight excluding hydrogens is 274 g/mol. The molecule has 21 heavy (non-hydrogen) atoms. The van der Waals surface area contributed by atoms with Crippen LogP contribution in [0.1, 0.15) is 48.5 Å². The molecule has 0 spiro atoms. The first-order valence-corrected chi connectivity index (χ1v) is 6.79. The van der Waals surface area contributed by atoms with E-state index in [0.29, 0.717) is 0 Å². The first-order chi connectivity index (χ1) is 9.19. The Morgan fingerprint density at radius 3 is 1.81 bits per heavy atom. The minimum absolute atomic E-state index is 0.152. The molecule has 0 aromatic heterocycles. The van der Waals surface area contributed by atoms with Gasteiger partial charge in [-0.05, 0) is 48.5 Å². The Morgan fingerprint density at radius 2 is 1.43 bits per heavy atom. The van der Waals surface area contributed by atoms with Crippen molar-refractivity contribution in [1.82, 2.24) is 16.0 Å². The summed E-state index contributed by atoms with van der Waals surface area (Å²) in [5.74, 6) is -1.49. The molecule has 0 bridgehead atoms. The van der Waals surface area contributed by atoms with Crippen LogP contribution in [0.25, 0.3) is 0 Å². The lowest BCUT2D eigenvalue weighted by Gasteiger charge is -2.38. The Kier molecular flexibility index (Phi) is 5.93. The molecule has 0 saturated heterocycles. The first-order valence-electron chi connectivity index (χ1n) is 6.79. The van der Waals surface area contributed by atoms with Crippen LogP contribution < -0.4 is 16.0 Å². The van der Waals surface area contributed by atoms with E-state index in [1.165, 1.54) is 0 Å². The quantitative estimate of drug-likeness (QED) is 0.608. The van der Waals surface area contributed by atoms with E-state index < -0.39 is 34.4 Å². The van der Waals surface area contributed by atoms with Crippen molar-refractivity contribution in [3.05, 3.63) is 0 Å². The van der Waals surface area contributed by atoms with Crippen LogP contribution in [0.3, 0.4) is 0 Å².